The van der Waals surface area contributed by atoms with Gasteiger partial charge in [-0.25, -0.2) is 9.78 Å². The van der Waals surface area contributed by atoms with Crippen molar-refractivity contribution in [1.82, 2.24) is 20.2 Å². The van der Waals surface area contributed by atoms with E-state index in [0.29, 0.717) is 28.5 Å². The minimum absolute atomic E-state index is 0.0251. The number of hydrogen-bond acceptors (Lipinski definition) is 5. The molecule has 0 radical (unpaired) electrons. The van der Waals surface area contributed by atoms with E-state index in [-0.39, 0.29) is 17.4 Å². The first-order valence-corrected chi connectivity index (χ1v) is 12.2. The molecule has 1 heterocycles. The van der Waals surface area contributed by atoms with E-state index in [4.69, 9.17) is 0 Å². The molecule has 0 unspecified atom stereocenters. The van der Waals surface area contributed by atoms with Crippen LogP contribution in [0.2, 0.25) is 0 Å². The lowest BCUT2D eigenvalue weighted by atomic mass is 10.0. The topological polar surface area (TPSA) is 93.1 Å². The second-order valence-corrected chi connectivity index (χ2v) is 9.49. The van der Waals surface area contributed by atoms with Crippen LogP contribution in [0.3, 0.4) is 0 Å². The normalized spacial score (nSPS) is 13.5. The van der Waals surface area contributed by atoms with E-state index < -0.39 is 11.9 Å². The van der Waals surface area contributed by atoms with Gasteiger partial charge in [-0.2, -0.15) is 0 Å². The Balaban J connectivity index is 1.63. The molecule has 3 rings (SSSR count). The molecule has 1 fully saturated rings. The van der Waals surface area contributed by atoms with Crippen molar-refractivity contribution in [3.8, 4) is 0 Å². The van der Waals surface area contributed by atoms with Crippen LogP contribution < -0.4 is 16.2 Å². The fourth-order valence-electron chi connectivity index (χ4n) is 3.37. The molecule has 3 amide bonds. The smallest absolute Gasteiger partial charge is 0.321 e. The van der Waals surface area contributed by atoms with Gasteiger partial charge >= 0.3 is 6.03 Å². The maximum Gasteiger partial charge on any atom is 0.321 e. The minimum Gasteiger partial charge on any atom is -0.335 e. The lowest BCUT2D eigenvalue weighted by molar-refractivity contribution is -0.117. The van der Waals surface area contributed by atoms with Crippen LogP contribution in [0, 0.1) is 5.92 Å². The van der Waals surface area contributed by atoms with Crippen molar-refractivity contribution < 1.29 is 9.59 Å². The van der Waals surface area contributed by atoms with Gasteiger partial charge in [-0.3, -0.25) is 19.5 Å². The molecule has 0 saturated heterocycles. The molecule has 1 aromatic carbocycles. The highest BCUT2D eigenvalue weighted by Crippen LogP contribution is 2.20. The summed E-state index contributed by atoms with van der Waals surface area (Å²) in [6.45, 7) is 5.04. The van der Waals surface area contributed by atoms with Crippen molar-refractivity contribution in [3.63, 3.8) is 0 Å². The molecule has 2 N–H and O–H groups in total. The molecule has 1 aliphatic carbocycles. The van der Waals surface area contributed by atoms with Crippen LogP contribution in [0.15, 0.2) is 34.2 Å². The van der Waals surface area contributed by atoms with Gasteiger partial charge in [0.25, 0.3) is 5.56 Å². The average Bonchev–Trinajstić information content (AvgIpc) is 3.54. The number of benzene rings is 1. The molecule has 0 atom stereocenters. The van der Waals surface area contributed by atoms with Crippen LogP contribution in [0.1, 0.15) is 58.8 Å². The number of carbonyl (C=O) groups is 2. The number of amides is 3. The summed E-state index contributed by atoms with van der Waals surface area (Å²) in [6.07, 6.45) is 7.44. The molecule has 2 aromatic rings. The molecule has 8 heteroatoms. The van der Waals surface area contributed by atoms with E-state index in [0.717, 1.165) is 32.1 Å². The molecule has 1 aliphatic rings. The van der Waals surface area contributed by atoms with Gasteiger partial charge in [-0.15, -0.1) is 0 Å². The number of urea groups is 1. The van der Waals surface area contributed by atoms with Crippen LogP contribution in [-0.4, -0.2) is 33.3 Å². The number of para-hydroxylation sites is 1. The second kappa shape index (κ2) is 11.3. The van der Waals surface area contributed by atoms with E-state index in [9.17, 15) is 14.4 Å². The third-order valence-corrected chi connectivity index (χ3v) is 6.21. The van der Waals surface area contributed by atoms with Gasteiger partial charge in [0.2, 0.25) is 5.91 Å². The third-order valence-electron chi connectivity index (χ3n) is 5.24. The zero-order chi connectivity index (χ0) is 22.2. The summed E-state index contributed by atoms with van der Waals surface area (Å²) in [4.78, 5) is 41.6. The number of hydrogen-bond donors (Lipinski definition) is 2. The SMILES string of the molecule is CC(C)CCCCCCn1c(SCC(=O)NC(=O)NC2CC2)nc2ccccc2c1=O. The molecular weight excluding hydrogens is 412 g/mol. The first-order chi connectivity index (χ1) is 14.9. The van der Waals surface area contributed by atoms with E-state index in [1.165, 1.54) is 24.6 Å². The number of carbonyl (C=O) groups excluding carboxylic acids is 2. The molecule has 1 saturated carbocycles. The maximum absolute atomic E-state index is 13.1. The fourth-order valence-corrected chi connectivity index (χ4v) is 4.20. The summed E-state index contributed by atoms with van der Waals surface area (Å²) in [5.74, 6) is 0.343. The monoisotopic (exact) mass is 444 g/mol. The predicted octanol–water partition coefficient (Wildman–Crippen LogP) is 4.08. The van der Waals surface area contributed by atoms with Crippen LogP contribution in [0.25, 0.3) is 10.9 Å². The Morgan fingerprint density at radius 3 is 2.65 bits per heavy atom. The van der Waals surface area contributed by atoms with E-state index in [2.05, 4.69) is 29.5 Å². The predicted molar refractivity (Wildman–Crippen MR) is 124 cm³/mol. The summed E-state index contributed by atoms with van der Waals surface area (Å²) >= 11 is 1.19. The summed E-state index contributed by atoms with van der Waals surface area (Å²) < 4.78 is 1.67. The number of thioether (sulfide) groups is 1. The molecule has 0 spiro atoms. The summed E-state index contributed by atoms with van der Waals surface area (Å²) in [5.41, 5.74) is 0.539. The number of aromatic nitrogens is 2. The largest absolute Gasteiger partial charge is 0.335 e. The standard InChI is InChI=1S/C23H32N4O3S/c1-16(2)9-5-3-4-8-14-27-21(29)18-10-6-7-11-19(18)25-23(27)31-15-20(28)26-22(30)24-17-12-13-17/h6-7,10-11,16-17H,3-5,8-9,12-15H2,1-2H3,(H2,24,26,28,30). The Morgan fingerprint density at radius 1 is 1.16 bits per heavy atom. The lowest BCUT2D eigenvalue weighted by Crippen LogP contribution is -2.41. The average molecular weight is 445 g/mol. The number of nitrogens with zero attached hydrogens (tertiary/aromatic N) is 2. The third kappa shape index (κ3) is 7.38. The zero-order valence-corrected chi connectivity index (χ0v) is 19.2. The first kappa shape index (κ1) is 23.3. The molecule has 7 nitrogen and oxygen atoms in total. The van der Waals surface area contributed by atoms with Crippen molar-refractivity contribution in [2.24, 2.45) is 5.92 Å². The molecule has 168 valence electrons. The van der Waals surface area contributed by atoms with Crippen molar-refractivity contribution >= 4 is 34.6 Å². The summed E-state index contributed by atoms with van der Waals surface area (Å²) in [7, 11) is 0. The van der Waals surface area contributed by atoms with E-state index in [1.807, 2.05) is 12.1 Å². The molecule has 0 aliphatic heterocycles. The number of fused-ring (bicyclic) bond motifs is 1. The van der Waals surface area contributed by atoms with Crippen molar-refractivity contribution in [2.45, 2.75) is 76.5 Å². The first-order valence-electron chi connectivity index (χ1n) is 11.2. The minimum atomic E-state index is -0.460. The maximum atomic E-state index is 13.1. The number of unbranched alkanes of at least 4 members (excludes halogenated alkanes) is 3. The summed E-state index contributed by atoms with van der Waals surface area (Å²) in [5, 5.41) is 6.17. The number of imide groups is 1. The van der Waals surface area contributed by atoms with Gasteiger partial charge in [-0.05, 0) is 37.3 Å². The molecular formula is C23H32N4O3S. The van der Waals surface area contributed by atoms with Crippen LogP contribution in [0.5, 0.6) is 0 Å². The van der Waals surface area contributed by atoms with Crippen molar-refractivity contribution in [2.75, 3.05) is 5.75 Å². The van der Waals surface area contributed by atoms with Crippen LogP contribution in [0.4, 0.5) is 4.79 Å². The Kier molecular flexibility index (Phi) is 8.51. The summed E-state index contributed by atoms with van der Waals surface area (Å²) in [6, 6.07) is 7.00. The Morgan fingerprint density at radius 2 is 1.90 bits per heavy atom. The lowest BCUT2D eigenvalue weighted by Gasteiger charge is -2.13. The zero-order valence-electron chi connectivity index (χ0n) is 18.4. The van der Waals surface area contributed by atoms with Crippen molar-refractivity contribution in [3.05, 3.63) is 34.6 Å². The Bertz CT molecular complexity index is 969. The molecule has 31 heavy (non-hydrogen) atoms. The van der Waals surface area contributed by atoms with Gasteiger partial charge in [0, 0.05) is 12.6 Å². The second-order valence-electron chi connectivity index (χ2n) is 8.55. The van der Waals surface area contributed by atoms with Gasteiger partial charge in [0.05, 0.1) is 16.7 Å². The van der Waals surface area contributed by atoms with Gasteiger partial charge < -0.3 is 5.32 Å². The number of rotatable bonds is 11. The highest BCUT2D eigenvalue weighted by Gasteiger charge is 2.24. The fraction of sp³-hybridized carbons (Fsp3) is 0.565. The van der Waals surface area contributed by atoms with Gasteiger partial charge in [0.1, 0.15) is 0 Å². The van der Waals surface area contributed by atoms with Crippen LogP contribution in [-0.2, 0) is 11.3 Å². The van der Waals surface area contributed by atoms with Crippen molar-refractivity contribution in [1.29, 1.82) is 0 Å². The highest BCUT2D eigenvalue weighted by molar-refractivity contribution is 7.99. The number of nitrogens with one attached hydrogen (secondary N) is 2. The Labute approximate surface area is 187 Å². The van der Waals surface area contributed by atoms with Crippen LogP contribution >= 0.6 is 11.8 Å². The molecule has 1 aromatic heterocycles. The quantitative estimate of drug-likeness (QED) is 0.309. The van der Waals surface area contributed by atoms with Gasteiger partial charge in [-0.1, -0.05) is 63.4 Å². The highest BCUT2D eigenvalue weighted by atomic mass is 32.2. The van der Waals surface area contributed by atoms with Gasteiger partial charge in [0.15, 0.2) is 5.16 Å². The Hall–Kier alpha value is -2.35. The van der Waals surface area contributed by atoms with E-state index >= 15 is 0 Å². The molecule has 0 bridgehead atoms. The van der Waals surface area contributed by atoms with E-state index in [1.54, 1.807) is 16.7 Å².